The number of aryl methyl sites for hydroxylation is 1. The highest BCUT2D eigenvalue weighted by Crippen LogP contribution is 2.34. The summed E-state index contributed by atoms with van der Waals surface area (Å²) in [6.45, 7) is 3.72. The molecule has 2 amide bonds. The zero-order valence-corrected chi connectivity index (χ0v) is 15.5. The summed E-state index contributed by atoms with van der Waals surface area (Å²) >= 11 is 0. The van der Waals surface area contributed by atoms with E-state index in [9.17, 15) is 18.0 Å². The summed E-state index contributed by atoms with van der Waals surface area (Å²) in [5, 5.41) is 4.77. The molecule has 9 heteroatoms. The third kappa shape index (κ3) is 5.11. The van der Waals surface area contributed by atoms with Crippen LogP contribution in [0.25, 0.3) is 0 Å². The van der Waals surface area contributed by atoms with Crippen LogP contribution in [-0.2, 0) is 12.7 Å². The van der Waals surface area contributed by atoms with Crippen molar-refractivity contribution in [3.63, 3.8) is 0 Å². The smallest absolute Gasteiger partial charge is 0.357 e. The Morgan fingerprint density at radius 3 is 2.57 bits per heavy atom. The number of nitrogens with one attached hydrogen (secondary N) is 2. The molecule has 2 N–H and O–H groups in total. The molecule has 0 saturated carbocycles. The first-order chi connectivity index (χ1) is 13.3. The number of alkyl halides is 3. The Bertz CT molecular complexity index is 835. The van der Waals surface area contributed by atoms with Crippen molar-refractivity contribution in [1.82, 2.24) is 15.3 Å². The number of nitrogens with zero attached hydrogens (tertiary/aromatic N) is 3. The summed E-state index contributed by atoms with van der Waals surface area (Å²) < 4.78 is 39.1. The van der Waals surface area contributed by atoms with Crippen LogP contribution in [-0.4, -0.2) is 29.1 Å². The molecule has 0 unspecified atom stereocenters. The lowest BCUT2D eigenvalue weighted by molar-refractivity contribution is -0.136. The zero-order chi connectivity index (χ0) is 20.1. The number of halogens is 3. The van der Waals surface area contributed by atoms with E-state index in [-0.39, 0.29) is 12.2 Å². The van der Waals surface area contributed by atoms with Crippen molar-refractivity contribution >= 4 is 17.5 Å². The Hall–Kier alpha value is -2.84. The van der Waals surface area contributed by atoms with Crippen LogP contribution in [0.15, 0.2) is 30.3 Å². The number of carbonyl (C=O) groups is 1. The van der Waals surface area contributed by atoms with Crippen LogP contribution in [0.1, 0.15) is 36.3 Å². The third-order valence-corrected chi connectivity index (χ3v) is 4.45. The highest BCUT2D eigenvalue weighted by atomic mass is 19.4. The quantitative estimate of drug-likeness (QED) is 0.820. The largest absolute Gasteiger partial charge is 0.418 e. The van der Waals surface area contributed by atoms with Gasteiger partial charge in [-0.2, -0.15) is 13.2 Å². The Morgan fingerprint density at radius 2 is 1.86 bits per heavy atom. The first-order valence-corrected chi connectivity index (χ1v) is 9.13. The number of para-hydroxylation sites is 1. The molecule has 1 aromatic heterocycles. The molecule has 0 atom stereocenters. The van der Waals surface area contributed by atoms with E-state index in [4.69, 9.17) is 0 Å². The van der Waals surface area contributed by atoms with Crippen molar-refractivity contribution < 1.29 is 18.0 Å². The van der Waals surface area contributed by atoms with Gasteiger partial charge in [-0.15, -0.1) is 0 Å². The molecule has 150 valence electrons. The molecule has 0 bridgehead atoms. The summed E-state index contributed by atoms with van der Waals surface area (Å²) in [6, 6.07) is 5.98. The van der Waals surface area contributed by atoms with E-state index in [1.54, 1.807) is 0 Å². The molecular formula is C19H22F3N5O. The van der Waals surface area contributed by atoms with Gasteiger partial charge >= 0.3 is 12.2 Å². The topological polar surface area (TPSA) is 70.2 Å². The van der Waals surface area contributed by atoms with Crippen molar-refractivity contribution in [2.75, 3.05) is 23.3 Å². The number of piperidine rings is 1. The van der Waals surface area contributed by atoms with Crippen molar-refractivity contribution in [3.8, 4) is 0 Å². The van der Waals surface area contributed by atoms with Gasteiger partial charge in [0.25, 0.3) is 0 Å². The molecule has 0 aliphatic carbocycles. The molecule has 6 nitrogen and oxygen atoms in total. The van der Waals surface area contributed by atoms with Gasteiger partial charge in [0, 0.05) is 24.8 Å². The van der Waals surface area contributed by atoms with Crippen molar-refractivity contribution in [2.24, 2.45) is 0 Å². The SMILES string of the molecule is Cc1cc(N2CCCCC2)nc(CNC(=O)Nc2ccccc2C(F)(F)F)n1. The number of urea groups is 1. The van der Waals surface area contributed by atoms with Crippen molar-refractivity contribution in [1.29, 1.82) is 0 Å². The number of amides is 2. The van der Waals surface area contributed by atoms with Crippen molar-refractivity contribution in [2.45, 2.75) is 38.9 Å². The fourth-order valence-corrected chi connectivity index (χ4v) is 3.14. The van der Waals surface area contributed by atoms with Gasteiger partial charge in [0.1, 0.15) is 11.6 Å². The van der Waals surface area contributed by atoms with E-state index in [1.807, 2.05) is 13.0 Å². The maximum Gasteiger partial charge on any atom is 0.418 e. The molecule has 28 heavy (non-hydrogen) atoms. The first-order valence-electron chi connectivity index (χ1n) is 9.13. The average Bonchev–Trinajstić information content (AvgIpc) is 2.66. The Morgan fingerprint density at radius 1 is 1.14 bits per heavy atom. The number of hydrogen-bond donors (Lipinski definition) is 2. The third-order valence-electron chi connectivity index (χ3n) is 4.45. The van der Waals surface area contributed by atoms with Crippen molar-refractivity contribution in [3.05, 3.63) is 47.4 Å². The number of aromatic nitrogens is 2. The zero-order valence-electron chi connectivity index (χ0n) is 15.5. The van der Waals surface area contributed by atoms with E-state index in [0.29, 0.717) is 5.82 Å². The molecule has 1 aliphatic heterocycles. The summed E-state index contributed by atoms with van der Waals surface area (Å²) in [5.41, 5.74) is -0.425. The van der Waals surface area contributed by atoms with Crippen LogP contribution < -0.4 is 15.5 Å². The lowest BCUT2D eigenvalue weighted by Crippen LogP contribution is -2.32. The minimum atomic E-state index is -4.55. The van der Waals surface area contributed by atoms with Crippen LogP contribution in [0, 0.1) is 6.92 Å². The number of benzene rings is 1. The number of carbonyl (C=O) groups excluding carboxylic acids is 1. The van der Waals surface area contributed by atoms with E-state index in [2.05, 4.69) is 25.5 Å². The van der Waals surface area contributed by atoms with Gasteiger partial charge in [-0.25, -0.2) is 14.8 Å². The van der Waals surface area contributed by atoms with Crippen LogP contribution in [0.2, 0.25) is 0 Å². The standard InChI is InChI=1S/C19H22F3N5O/c1-13-11-17(27-9-5-2-6-10-27)26-16(24-13)12-23-18(28)25-15-8-4-3-7-14(15)19(20,21)22/h3-4,7-8,11H,2,5-6,9-10,12H2,1H3,(H2,23,25,28). The molecular weight excluding hydrogens is 371 g/mol. The van der Waals surface area contributed by atoms with Crippen LogP contribution >= 0.6 is 0 Å². The van der Waals surface area contributed by atoms with Gasteiger partial charge in [0.15, 0.2) is 0 Å². The highest BCUT2D eigenvalue weighted by molar-refractivity contribution is 5.90. The molecule has 1 saturated heterocycles. The maximum atomic E-state index is 13.0. The van der Waals surface area contributed by atoms with E-state index < -0.39 is 17.8 Å². The predicted octanol–water partition coefficient (Wildman–Crippen LogP) is 4.12. The van der Waals surface area contributed by atoms with Crippen LogP contribution in [0.4, 0.5) is 29.5 Å². The summed E-state index contributed by atoms with van der Waals surface area (Å²) in [4.78, 5) is 23.1. The molecule has 3 rings (SSSR count). The minimum Gasteiger partial charge on any atom is -0.357 e. The molecule has 1 aromatic carbocycles. The molecule has 2 heterocycles. The lowest BCUT2D eigenvalue weighted by Gasteiger charge is -2.28. The number of rotatable bonds is 4. The average molecular weight is 393 g/mol. The number of anilines is 2. The number of hydrogen-bond acceptors (Lipinski definition) is 4. The van der Waals surface area contributed by atoms with Crippen LogP contribution in [0.5, 0.6) is 0 Å². The Kier molecular flexibility index (Phi) is 6.01. The maximum absolute atomic E-state index is 13.0. The second-order valence-corrected chi connectivity index (χ2v) is 6.68. The van der Waals surface area contributed by atoms with Crippen LogP contribution in [0.3, 0.4) is 0 Å². The van der Waals surface area contributed by atoms with Gasteiger partial charge < -0.3 is 15.5 Å². The fourth-order valence-electron chi connectivity index (χ4n) is 3.14. The van der Waals surface area contributed by atoms with Gasteiger partial charge in [-0.05, 0) is 38.3 Å². The van der Waals surface area contributed by atoms with E-state index in [0.717, 1.165) is 43.5 Å². The van der Waals surface area contributed by atoms with E-state index in [1.165, 1.54) is 24.6 Å². The molecule has 2 aromatic rings. The summed E-state index contributed by atoms with van der Waals surface area (Å²) in [5.74, 6) is 1.23. The monoisotopic (exact) mass is 393 g/mol. The molecule has 1 fully saturated rings. The van der Waals surface area contributed by atoms with Gasteiger partial charge in [-0.1, -0.05) is 12.1 Å². The van der Waals surface area contributed by atoms with Gasteiger partial charge in [-0.3, -0.25) is 0 Å². The van der Waals surface area contributed by atoms with E-state index >= 15 is 0 Å². The first kappa shape index (κ1) is 19.9. The normalized spacial score (nSPS) is 14.6. The summed E-state index contributed by atoms with van der Waals surface area (Å²) in [7, 11) is 0. The van der Waals surface area contributed by atoms with Gasteiger partial charge in [0.2, 0.25) is 0 Å². The molecule has 0 spiro atoms. The minimum absolute atomic E-state index is 0.0164. The lowest BCUT2D eigenvalue weighted by atomic mass is 10.1. The predicted molar refractivity (Wildman–Crippen MR) is 100 cm³/mol. The molecule has 1 aliphatic rings. The highest BCUT2D eigenvalue weighted by Gasteiger charge is 2.33. The Balaban J connectivity index is 1.64. The van der Waals surface area contributed by atoms with Gasteiger partial charge in [0.05, 0.1) is 17.8 Å². The second kappa shape index (κ2) is 8.45. The summed E-state index contributed by atoms with van der Waals surface area (Å²) in [6.07, 6.45) is -1.13. The Labute approximate surface area is 161 Å². The fraction of sp³-hybridized carbons (Fsp3) is 0.421. The second-order valence-electron chi connectivity index (χ2n) is 6.68. The molecule has 0 radical (unpaired) electrons.